The van der Waals surface area contributed by atoms with Gasteiger partial charge in [-0.3, -0.25) is 4.72 Å². The average molecular weight is 474 g/mol. The second-order valence-corrected chi connectivity index (χ2v) is 12.8. The first-order valence-electron chi connectivity index (χ1n) is 8.71. The van der Waals surface area contributed by atoms with Gasteiger partial charge in [-0.25, -0.2) is 30.0 Å². The number of sulfone groups is 2. The standard InChI is InChI=1S/C18H19NO8S3/c1-27-18(20)16-7-2-3-8-17(16)19-30(25,26)14-6-4-5-13(11-14)29(23,24)15-9-10-28(21,22)12-15/h2-8,11,15,19H,9-10,12H2,1H3/t15-/m1/s1. The fraction of sp³-hybridized carbons (Fsp3) is 0.278. The van der Waals surface area contributed by atoms with Crippen LogP contribution in [0.25, 0.3) is 0 Å². The number of anilines is 1. The Kier molecular flexibility index (Phi) is 5.94. The molecule has 1 heterocycles. The van der Waals surface area contributed by atoms with Gasteiger partial charge in [0.25, 0.3) is 10.0 Å². The van der Waals surface area contributed by atoms with E-state index < -0.39 is 46.7 Å². The van der Waals surface area contributed by atoms with Crippen molar-refractivity contribution in [3.8, 4) is 0 Å². The van der Waals surface area contributed by atoms with Crippen LogP contribution in [0.3, 0.4) is 0 Å². The molecule has 12 heteroatoms. The van der Waals surface area contributed by atoms with Gasteiger partial charge in [-0.15, -0.1) is 0 Å². The molecule has 0 radical (unpaired) electrons. The normalized spacial score (nSPS) is 18.6. The Balaban J connectivity index is 1.95. The van der Waals surface area contributed by atoms with Crippen molar-refractivity contribution in [1.82, 2.24) is 0 Å². The van der Waals surface area contributed by atoms with E-state index in [0.717, 1.165) is 13.2 Å². The summed E-state index contributed by atoms with van der Waals surface area (Å²) in [6.45, 7) is 0. The molecule has 0 amide bonds. The first-order chi connectivity index (χ1) is 14.0. The highest BCUT2D eigenvalue weighted by molar-refractivity contribution is 7.96. The number of hydrogen-bond donors (Lipinski definition) is 1. The smallest absolute Gasteiger partial charge is 0.339 e. The summed E-state index contributed by atoms with van der Waals surface area (Å²) in [5, 5.41) is -1.12. The number of rotatable bonds is 6. The Morgan fingerprint density at radius 1 is 1.03 bits per heavy atom. The molecule has 9 nitrogen and oxygen atoms in total. The number of benzene rings is 2. The first-order valence-corrected chi connectivity index (χ1v) is 13.6. The van der Waals surface area contributed by atoms with Crippen molar-refractivity contribution in [3.05, 3.63) is 54.1 Å². The van der Waals surface area contributed by atoms with E-state index in [1.54, 1.807) is 0 Å². The van der Waals surface area contributed by atoms with E-state index in [1.165, 1.54) is 42.5 Å². The van der Waals surface area contributed by atoms with Crippen LogP contribution in [-0.2, 0) is 34.4 Å². The maximum absolute atomic E-state index is 12.8. The molecular weight excluding hydrogens is 454 g/mol. The predicted molar refractivity (Wildman–Crippen MR) is 109 cm³/mol. The third-order valence-corrected chi connectivity index (χ3v) is 10.2. The highest BCUT2D eigenvalue weighted by atomic mass is 32.2. The van der Waals surface area contributed by atoms with Crippen LogP contribution < -0.4 is 4.72 Å². The third kappa shape index (κ3) is 4.50. The van der Waals surface area contributed by atoms with Gasteiger partial charge in [-0.05, 0) is 36.8 Å². The van der Waals surface area contributed by atoms with Crippen LogP contribution in [0, 0.1) is 0 Å². The number of carbonyl (C=O) groups excluding carboxylic acids is 1. The minimum absolute atomic E-state index is 0.0106. The zero-order valence-electron chi connectivity index (χ0n) is 15.8. The lowest BCUT2D eigenvalue weighted by Gasteiger charge is -2.14. The second kappa shape index (κ2) is 8.00. The number of sulfonamides is 1. The Bertz CT molecular complexity index is 1300. The van der Waals surface area contributed by atoms with E-state index in [0.29, 0.717) is 0 Å². The van der Waals surface area contributed by atoms with E-state index in [1.807, 2.05) is 0 Å². The summed E-state index contributed by atoms with van der Waals surface area (Å²) < 4.78 is 81.4. The molecule has 1 saturated heterocycles. The number of ether oxygens (including phenoxy) is 1. The highest BCUT2D eigenvalue weighted by Crippen LogP contribution is 2.28. The van der Waals surface area contributed by atoms with Gasteiger partial charge in [-0.1, -0.05) is 18.2 Å². The van der Waals surface area contributed by atoms with Crippen LogP contribution in [0.4, 0.5) is 5.69 Å². The molecule has 3 rings (SSSR count). The van der Waals surface area contributed by atoms with Gasteiger partial charge in [0.05, 0.1) is 44.9 Å². The molecule has 1 aliphatic rings. The average Bonchev–Trinajstić information content (AvgIpc) is 3.08. The van der Waals surface area contributed by atoms with E-state index >= 15 is 0 Å². The summed E-state index contributed by atoms with van der Waals surface area (Å²) >= 11 is 0. The summed E-state index contributed by atoms with van der Waals surface area (Å²) in [6.07, 6.45) is -0.0353. The lowest BCUT2D eigenvalue weighted by Crippen LogP contribution is -2.23. The lowest BCUT2D eigenvalue weighted by molar-refractivity contribution is 0.0602. The molecule has 1 N–H and O–H groups in total. The zero-order valence-corrected chi connectivity index (χ0v) is 18.3. The van der Waals surface area contributed by atoms with E-state index in [2.05, 4.69) is 9.46 Å². The van der Waals surface area contributed by atoms with Crippen molar-refractivity contribution in [3.63, 3.8) is 0 Å². The lowest BCUT2D eigenvalue weighted by atomic mass is 10.2. The predicted octanol–water partition coefficient (Wildman–Crippen LogP) is 1.23. The van der Waals surface area contributed by atoms with Crippen LogP contribution in [0.1, 0.15) is 16.8 Å². The summed E-state index contributed by atoms with van der Waals surface area (Å²) in [7, 11) is -10.6. The SMILES string of the molecule is COC(=O)c1ccccc1NS(=O)(=O)c1cccc(S(=O)(=O)[C@@H]2CCS(=O)(=O)C2)c1. The van der Waals surface area contributed by atoms with Crippen molar-refractivity contribution >= 4 is 41.4 Å². The number of methoxy groups -OCH3 is 1. The first kappa shape index (κ1) is 22.2. The number of carbonyl (C=O) groups is 1. The van der Waals surface area contributed by atoms with Gasteiger partial charge >= 0.3 is 5.97 Å². The molecule has 1 fully saturated rings. The summed E-state index contributed by atoms with van der Waals surface area (Å²) in [5.74, 6) is -1.45. The third-order valence-electron chi connectivity index (χ3n) is 4.65. The maximum Gasteiger partial charge on any atom is 0.339 e. The fourth-order valence-electron chi connectivity index (χ4n) is 3.08. The van der Waals surface area contributed by atoms with Gasteiger partial charge in [0, 0.05) is 0 Å². The Labute approximate surface area is 175 Å². The number of para-hydroxylation sites is 1. The number of esters is 1. The summed E-state index contributed by atoms with van der Waals surface area (Å²) in [4.78, 5) is 11.2. The Morgan fingerprint density at radius 2 is 1.70 bits per heavy atom. The van der Waals surface area contributed by atoms with Crippen LogP contribution in [0.5, 0.6) is 0 Å². The van der Waals surface area contributed by atoms with E-state index in [9.17, 15) is 30.0 Å². The van der Waals surface area contributed by atoms with Crippen molar-refractivity contribution in [2.24, 2.45) is 0 Å². The topological polar surface area (TPSA) is 141 Å². The Morgan fingerprint density at radius 3 is 2.33 bits per heavy atom. The molecule has 0 aliphatic carbocycles. The van der Waals surface area contributed by atoms with Gasteiger partial charge < -0.3 is 4.74 Å². The molecule has 1 aliphatic heterocycles. The molecule has 2 aromatic rings. The molecule has 2 aromatic carbocycles. The van der Waals surface area contributed by atoms with Crippen LogP contribution in [0.15, 0.2) is 58.3 Å². The van der Waals surface area contributed by atoms with Crippen molar-refractivity contribution in [1.29, 1.82) is 0 Å². The maximum atomic E-state index is 12.8. The van der Waals surface area contributed by atoms with Gasteiger partial charge in [0.15, 0.2) is 19.7 Å². The molecule has 0 bridgehead atoms. The van der Waals surface area contributed by atoms with Gasteiger partial charge in [-0.2, -0.15) is 0 Å². The molecular formula is C18H19NO8S3. The Hall–Kier alpha value is -2.44. The van der Waals surface area contributed by atoms with Gasteiger partial charge in [0.2, 0.25) is 0 Å². The van der Waals surface area contributed by atoms with Crippen LogP contribution in [-0.4, -0.2) is 55.1 Å². The molecule has 30 heavy (non-hydrogen) atoms. The van der Waals surface area contributed by atoms with Gasteiger partial charge in [0.1, 0.15) is 0 Å². The molecule has 162 valence electrons. The molecule has 0 spiro atoms. The van der Waals surface area contributed by atoms with Crippen molar-refractivity contribution in [2.45, 2.75) is 21.5 Å². The fourth-order valence-corrected chi connectivity index (χ4v) is 8.68. The van der Waals surface area contributed by atoms with E-state index in [-0.39, 0.29) is 33.2 Å². The van der Waals surface area contributed by atoms with Crippen molar-refractivity contribution in [2.75, 3.05) is 23.3 Å². The second-order valence-electron chi connectivity index (χ2n) is 6.69. The summed E-state index contributed by atoms with van der Waals surface area (Å²) in [6, 6.07) is 10.5. The molecule has 0 aromatic heterocycles. The highest BCUT2D eigenvalue weighted by Gasteiger charge is 2.38. The molecule has 0 unspecified atom stereocenters. The minimum Gasteiger partial charge on any atom is -0.465 e. The molecule has 0 saturated carbocycles. The summed E-state index contributed by atoms with van der Waals surface area (Å²) in [5.41, 5.74) is -0.0389. The number of hydrogen-bond acceptors (Lipinski definition) is 8. The quantitative estimate of drug-likeness (QED) is 0.618. The van der Waals surface area contributed by atoms with Crippen molar-refractivity contribution < 1.29 is 34.8 Å². The van der Waals surface area contributed by atoms with Crippen LogP contribution >= 0.6 is 0 Å². The monoisotopic (exact) mass is 473 g/mol. The largest absolute Gasteiger partial charge is 0.465 e. The number of nitrogens with one attached hydrogen (secondary N) is 1. The minimum atomic E-state index is -4.25. The van der Waals surface area contributed by atoms with E-state index in [4.69, 9.17) is 0 Å². The zero-order chi connectivity index (χ0) is 22.2. The molecule has 1 atom stereocenters. The van der Waals surface area contributed by atoms with Crippen LogP contribution in [0.2, 0.25) is 0 Å².